The van der Waals surface area contributed by atoms with E-state index in [9.17, 15) is 4.79 Å². The van der Waals surface area contributed by atoms with Gasteiger partial charge in [0.15, 0.2) is 0 Å². The van der Waals surface area contributed by atoms with Crippen LogP contribution >= 0.6 is 0 Å². The average Bonchev–Trinajstić information content (AvgIpc) is 2.68. The second-order valence-corrected chi connectivity index (χ2v) is 6.04. The molecule has 0 bridgehead atoms. The third kappa shape index (κ3) is 4.57. The highest BCUT2D eigenvalue weighted by Gasteiger charge is 2.08. The number of benzene rings is 1. The van der Waals surface area contributed by atoms with Gasteiger partial charge < -0.3 is 15.5 Å². The molecule has 0 fully saturated rings. The molecule has 0 radical (unpaired) electrons. The minimum absolute atomic E-state index is 0.235. The van der Waals surface area contributed by atoms with Crippen LogP contribution in [0.1, 0.15) is 16.1 Å². The van der Waals surface area contributed by atoms with Gasteiger partial charge in [0.2, 0.25) is 0 Å². The van der Waals surface area contributed by atoms with Crippen LogP contribution in [0.5, 0.6) is 0 Å². The van der Waals surface area contributed by atoms with E-state index in [0.29, 0.717) is 12.2 Å². The van der Waals surface area contributed by atoms with Gasteiger partial charge in [0.25, 0.3) is 5.91 Å². The third-order valence-corrected chi connectivity index (χ3v) is 3.86. The van der Waals surface area contributed by atoms with Crippen molar-refractivity contribution in [3.05, 3.63) is 78.4 Å². The van der Waals surface area contributed by atoms with E-state index in [-0.39, 0.29) is 5.91 Å². The zero-order valence-electron chi connectivity index (χ0n) is 14.8. The zero-order chi connectivity index (χ0) is 18.4. The minimum atomic E-state index is -0.235. The molecular formula is C20H21N5O. The van der Waals surface area contributed by atoms with Crippen LogP contribution in [0.15, 0.2) is 67.1 Å². The Morgan fingerprint density at radius 3 is 2.38 bits per heavy atom. The molecule has 0 saturated heterocycles. The number of hydrogen-bond acceptors (Lipinski definition) is 5. The molecular weight excluding hydrogens is 326 g/mol. The van der Waals surface area contributed by atoms with Crippen molar-refractivity contribution in [1.82, 2.24) is 9.97 Å². The number of nitrogens with one attached hydrogen (secondary N) is 2. The quantitative estimate of drug-likeness (QED) is 0.715. The summed E-state index contributed by atoms with van der Waals surface area (Å²) in [6.07, 6.45) is 5.21. The van der Waals surface area contributed by atoms with E-state index in [1.807, 2.05) is 67.7 Å². The summed E-state index contributed by atoms with van der Waals surface area (Å²) in [6.45, 7) is 0.652. The number of pyridine rings is 2. The van der Waals surface area contributed by atoms with Crippen LogP contribution in [0.2, 0.25) is 0 Å². The molecule has 0 aliphatic heterocycles. The van der Waals surface area contributed by atoms with Crippen molar-refractivity contribution < 1.29 is 4.79 Å². The van der Waals surface area contributed by atoms with Crippen LogP contribution < -0.4 is 15.5 Å². The van der Waals surface area contributed by atoms with E-state index in [2.05, 4.69) is 20.6 Å². The Morgan fingerprint density at radius 1 is 1.00 bits per heavy atom. The molecule has 0 aliphatic carbocycles. The molecule has 1 amide bonds. The number of carbonyl (C=O) groups is 1. The minimum Gasteiger partial charge on any atom is -0.380 e. The van der Waals surface area contributed by atoms with Gasteiger partial charge in [-0.25, -0.2) is 4.98 Å². The molecule has 6 nitrogen and oxygen atoms in total. The molecule has 0 unspecified atom stereocenters. The Morgan fingerprint density at radius 2 is 1.77 bits per heavy atom. The summed E-state index contributed by atoms with van der Waals surface area (Å²) in [5, 5.41) is 6.11. The predicted molar refractivity (Wildman–Crippen MR) is 105 cm³/mol. The van der Waals surface area contributed by atoms with Gasteiger partial charge in [-0.15, -0.1) is 0 Å². The van der Waals surface area contributed by atoms with Crippen molar-refractivity contribution in [2.24, 2.45) is 0 Å². The Balaban J connectivity index is 1.58. The Hall–Kier alpha value is -3.41. The number of rotatable bonds is 6. The van der Waals surface area contributed by atoms with Gasteiger partial charge in [-0.2, -0.15) is 0 Å². The number of nitrogens with zero attached hydrogens (tertiary/aromatic N) is 3. The van der Waals surface area contributed by atoms with Crippen LogP contribution in [-0.2, 0) is 6.54 Å². The lowest BCUT2D eigenvalue weighted by molar-refractivity contribution is 0.102. The first-order valence-electron chi connectivity index (χ1n) is 8.29. The Kier molecular flexibility index (Phi) is 5.43. The van der Waals surface area contributed by atoms with Crippen LogP contribution in [0.3, 0.4) is 0 Å². The van der Waals surface area contributed by atoms with Crippen molar-refractivity contribution in [2.75, 3.05) is 29.6 Å². The third-order valence-electron chi connectivity index (χ3n) is 3.86. The van der Waals surface area contributed by atoms with Crippen LogP contribution in [0.25, 0.3) is 0 Å². The zero-order valence-corrected chi connectivity index (χ0v) is 14.8. The first-order chi connectivity index (χ1) is 12.6. The molecule has 0 spiro atoms. The highest BCUT2D eigenvalue weighted by atomic mass is 16.1. The van der Waals surface area contributed by atoms with Crippen LogP contribution in [0.4, 0.5) is 17.1 Å². The summed E-state index contributed by atoms with van der Waals surface area (Å²) < 4.78 is 0. The molecule has 3 aromatic rings. The maximum absolute atomic E-state index is 12.3. The van der Waals surface area contributed by atoms with Gasteiger partial charge in [0.1, 0.15) is 5.69 Å². The molecule has 1 aromatic carbocycles. The molecule has 0 saturated carbocycles. The van der Waals surface area contributed by atoms with E-state index in [0.717, 1.165) is 22.6 Å². The van der Waals surface area contributed by atoms with Crippen LogP contribution in [0, 0.1) is 0 Å². The lowest BCUT2D eigenvalue weighted by atomic mass is 10.2. The molecule has 6 heteroatoms. The molecule has 3 rings (SSSR count). The lowest BCUT2D eigenvalue weighted by Crippen LogP contribution is -2.14. The molecule has 2 N–H and O–H groups in total. The Labute approximate surface area is 152 Å². The van der Waals surface area contributed by atoms with Gasteiger partial charge in [-0.05, 0) is 48.0 Å². The van der Waals surface area contributed by atoms with Crippen molar-refractivity contribution in [2.45, 2.75) is 6.54 Å². The fraction of sp³-hybridized carbons (Fsp3) is 0.150. The van der Waals surface area contributed by atoms with Gasteiger partial charge in [0.05, 0.1) is 11.9 Å². The van der Waals surface area contributed by atoms with Crippen molar-refractivity contribution in [1.29, 1.82) is 0 Å². The molecule has 26 heavy (non-hydrogen) atoms. The van der Waals surface area contributed by atoms with E-state index >= 15 is 0 Å². The maximum Gasteiger partial charge on any atom is 0.274 e. The van der Waals surface area contributed by atoms with Crippen molar-refractivity contribution in [3.63, 3.8) is 0 Å². The summed E-state index contributed by atoms with van der Waals surface area (Å²) in [6, 6.07) is 15.1. The fourth-order valence-electron chi connectivity index (χ4n) is 2.38. The smallest absolute Gasteiger partial charge is 0.274 e. The molecule has 0 atom stereocenters. The standard InChI is InChI=1S/C20H21N5O/c1-25(2)18-8-5-16(6-9-18)24-20(26)19-10-7-17(14-23-19)22-13-15-4-3-11-21-12-15/h3-12,14,22H,13H2,1-2H3,(H,24,26). The van der Waals surface area contributed by atoms with Gasteiger partial charge in [-0.3, -0.25) is 9.78 Å². The summed E-state index contributed by atoms with van der Waals surface area (Å²) >= 11 is 0. The van der Waals surface area contributed by atoms with E-state index in [1.54, 1.807) is 18.5 Å². The number of hydrogen-bond donors (Lipinski definition) is 2. The van der Waals surface area contributed by atoms with Crippen molar-refractivity contribution in [3.8, 4) is 0 Å². The predicted octanol–water partition coefficient (Wildman–Crippen LogP) is 3.41. The highest BCUT2D eigenvalue weighted by molar-refractivity contribution is 6.03. The number of anilines is 3. The monoisotopic (exact) mass is 347 g/mol. The molecule has 0 aliphatic rings. The normalized spacial score (nSPS) is 10.2. The fourth-order valence-corrected chi connectivity index (χ4v) is 2.38. The molecule has 2 heterocycles. The molecule has 2 aromatic heterocycles. The van der Waals surface area contributed by atoms with Crippen molar-refractivity contribution >= 4 is 23.0 Å². The SMILES string of the molecule is CN(C)c1ccc(NC(=O)c2ccc(NCc3cccnc3)cn2)cc1. The number of carbonyl (C=O) groups excluding carboxylic acids is 1. The summed E-state index contributed by atoms with van der Waals surface area (Å²) in [5.41, 5.74) is 4.11. The summed E-state index contributed by atoms with van der Waals surface area (Å²) in [4.78, 5) is 22.6. The number of aromatic nitrogens is 2. The average molecular weight is 347 g/mol. The van der Waals surface area contributed by atoms with Gasteiger partial charge in [-0.1, -0.05) is 6.07 Å². The van der Waals surface area contributed by atoms with E-state index < -0.39 is 0 Å². The first-order valence-corrected chi connectivity index (χ1v) is 8.29. The lowest BCUT2D eigenvalue weighted by Gasteiger charge is -2.13. The second-order valence-electron chi connectivity index (χ2n) is 6.04. The second kappa shape index (κ2) is 8.11. The van der Waals surface area contributed by atoms with Crippen LogP contribution in [-0.4, -0.2) is 30.0 Å². The highest BCUT2D eigenvalue weighted by Crippen LogP contribution is 2.16. The largest absolute Gasteiger partial charge is 0.380 e. The van der Waals surface area contributed by atoms with Gasteiger partial charge >= 0.3 is 0 Å². The first kappa shape index (κ1) is 17.4. The number of amides is 1. The summed E-state index contributed by atoms with van der Waals surface area (Å²) in [7, 11) is 3.95. The summed E-state index contributed by atoms with van der Waals surface area (Å²) in [5.74, 6) is -0.235. The topological polar surface area (TPSA) is 70.2 Å². The van der Waals surface area contributed by atoms with E-state index in [4.69, 9.17) is 0 Å². The molecule has 132 valence electrons. The Bertz CT molecular complexity index is 846. The van der Waals surface area contributed by atoms with Gasteiger partial charge in [0, 0.05) is 44.4 Å². The van der Waals surface area contributed by atoms with E-state index in [1.165, 1.54) is 0 Å². The maximum atomic E-state index is 12.3.